The molecule has 8 heteroatoms. The number of sulfonamides is 1. The summed E-state index contributed by atoms with van der Waals surface area (Å²) in [4.78, 5) is 10.6. The average molecular weight is 385 g/mol. The van der Waals surface area contributed by atoms with E-state index in [2.05, 4.69) is 4.72 Å². The minimum absolute atomic E-state index is 0.0566. The van der Waals surface area contributed by atoms with Crippen LogP contribution in [0.15, 0.2) is 24.3 Å². The Hall–Kier alpha value is -1.64. The summed E-state index contributed by atoms with van der Waals surface area (Å²) in [5.41, 5.74) is 1.03. The highest BCUT2D eigenvalue weighted by atomic mass is 32.2. The summed E-state index contributed by atoms with van der Waals surface area (Å²) in [6, 6.07) is 7.75. The van der Waals surface area contributed by atoms with Crippen molar-refractivity contribution in [3.05, 3.63) is 29.8 Å². The van der Waals surface area contributed by atoms with Crippen molar-refractivity contribution < 1.29 is 27.4 Å². The number of benzene rings is 1. The number of carbonyl (C=O) groups excluding carboxylic acids is 1. The van der Waals surface area contributed by atoms with Gasteiger partial charge in [-0.1, -0.05) is 12.1 Å². The lowest BCUT2D eigenvalue weighted by molar-refractivity contribution is -0.142. The van der Waals surface area contributed by atoms with Gasteiger partial charge < -0.3 is 14.2 Å². The van der Waals surface area contributed by atoms with Crippen LogP contribution in [-0.4, -0.2) is 53.1 Å². The molecule has 2 rings (SSSR count). The van der Waals surface area contributed by atoms with Crippen molar-refractivity contribution in [3.63, 3.8) is 0 Å². The van der Waals surface area contributed by atoms with Gasteiger partial charge in [0.15, 0.2) is 0 Å². The molecule has 26 heavy (non-hydrogen) atoms. The maximum absolute atomic E-state index is 11.9. The molecule has 0 bridgehead atoms. The topological polar surface area (TPSA) is 90.9 Å². The Bertz CT molecular complexity index is 672. The number of ether oxygens (including phenoxy) is 3. The number of carbonyl (C=O) groups is 1. The van der Waals surface area contributed by atoms with E-state index < -0.39 is 10.0 Å². The Morgan fingerprint density at radius 2 is 2.04 bits per heavy atom. The summed E-state index contributed by atoms with van der Waals surface area (Å²) in [6.45, 7) is 2.75. The molecule has 1 aliphatic carbocycles. The van der Waals surface area contributed by atoms with E-state index in [9.17, 15) is 13.2 Å². The third kappa shape index (κ3) is 9.17. The van der Waals surface area contributed by atoms with Gasteiger partial charge in [0, 0.05) is 13.5 Å². The summed E-state index contributed by atoms with van der Waals surface area (Å²) in [7, 11) is -3.39. The smallest absolute Gasteiger partial charge is 0.302 e. The van der Waals surface area contributed by atoms with E-state index in [0.29, 0.717) is 18.9 Å². The summed E-state index contributed by atoms with van der Waals surface area (Å²) in [5.74, 6) is 1.02. The molecule has 0 atom stereocenters. The fraction of sp³-hybridized carbons (Fsp3) is 0.611. The van der Waals surface area contributed by atoms with Crippen LogP contribution in [0.2, 0.25) is 0 Å². The molecule has 1 aromatic rings. The van der Waals surface area contributed by atoms with Crippen molar-refractivity contribution in [1.82, 2.24) is 4.72 Å². The second kappa shape index (κ2) is 10.5. The minimum Gasteiger partial charge on any atom is -0.493 e. The first-order valence-corrected chi connectivity index (χ1v) is 10.5. The van der Waals surface area contributed by atoms with Crippen LogP contribution >= 0.6 is 0 Å². The molecule has 146 valence electrons. The third-order valence-corrected chi connectivity index (χ3v) is 5.19. The molecule has 7 nitrogen and oxygen atoms in total. The average Bonchev–Trinajstić information content (AvgIpc) is 3.40. The first kappa shape index (κ1) is 20.7. The van der Waals surface area contributed by atoms with Crippen molar-refractivity contribution in [1.29, 1.82) is 0 Å². The molecular weight excluding hydrogens is 358 g/mol. The Balaban J connectivity index is 1.61. The maximum atomic E-state index is 11.9. The van der Waals surface area contributed by atoms with E-state index in [-0.39, 0.29) is 31.5 Å². The summed E-state index contributed by atoms with van der Waals surface area (Å²) in [5, 5.41) is 0. The zero-order valence-electron chi connectivity index (χ0n) is 15.1. The molecule has 1 aliphatic rings. The molecular formula is C18H27NO6S. The standard InChI is InChI=1S/C18H27NO6S/c1-15(20)24-10-9-23-11-12-26(21,22)19-8-7-16-3-2-4-18(13-16)25-14-17-5-6-17/h2-4,13,17,19H,5-12,14H2,1H3. The summed E-state index contributed by atoms with van der Waals surface area (Å²) < 4.78 is 41.9. The molecule has 0 aromatic heterocycles. The Labute approximate surface area is 155 Å². The second-order valence-electron chi connectivity index (χ2n) is 6.32. The van der Waals surface area contributed by atoms with E-state index in [4.69, 9.17) is 14.2 Å². The van der Waals surface area contributed by atoms with E-state index in [1.807, 2.05) is 24.3 Å². The number of rotatable bonds is 13. The van der Waals surface area contributed by atoms with Crippen LogP contribution in [0.25, 0.3) is 0 Å². The minimum atomic E-state index is -3.39. The van der Waals surface area contributed by atoms with Crippen LogP contribution in [-0.2, 0) is 30.7 Å². The number of nitrogens with one attached hydrogen (secondary N) is 1. The number of esters is 1. The molecule has 0 aliphatic heterocycles. The molecule has 1 aromatic carbocycles. The molecule has 0 heterocycles. The molecule has 1 N–H and O–H groups in total. The molecule has 0 amide bonds. The van der Waals surface area contributed by atoms with Crippen LogP contribution in [0.3, 0.4) is 0 Å². The highest BCUT2D eigenvalue weighted by Gasteiger charge is 2.21. The Kier molecular flexibility index (Phi) is 8.34. The highest BCUT2D eigenvalue weighted by Crippen LogP contribution is 2.29. The Morgan fingerprint density at radius 1 is 1.23 bits per heavy atom. The highest BCUT2D eigenvalue weighted by molar-refractivity contribution is 7.89. The second-order valence-corrected chi connectivity index (χ2v) is 8.24. The molecule has 0 unspecified atom stereocenters. The van der Waals surface area contributed by atoms with Crippen LogP contribution in [0.5, 0.6) is 5.75 Å². The van der Waals surface area contributed by atoms with E-state index >= 15 is 0 Å². The van der Waals surface area contributed by atoms with Crippen molar-refractivity contribution in [2.75, 3.05) is 38.7 Å². The SMILES string of the molecule is CC(=O)OCCOCCS(=O)(=O)NCCc1cccc(OCC2CC2)c1. The number of hydrogen-bond donors (Lipinski definition) is 1. The normalized spacial score (nSPS) is 14.2. The van der Waals surface area contributed by atoms with Gasteiger partial charge in [0.2, 0.25) is 10.0 Å². The van der Waals surface area contributed by atoms with Crippen molar-refractivity contribution >= 4 is 16.0 Å². The molecule has 1 fully saturated rings. The van der Waals surface area contributed by atoms with Gasteiger partial charge in [-0.25, -0.2) is 13.1 Å². The van der Waals surface area contributed by atoms with E-state index in [1.54, 1.807) is 0 Å². The van der Waals surface area contributed by atoms with Gasteiger partial charge in [-0.3, -0.25) is 4.79 Å². The van der Waals surface area contributed by atoms with Gasteiger partial charge in [0.1, 0.15) is 12.4 Å². The first-order chi connectivity index (χ1) is 12.4. The van der Waals surface area contributed by atoms with Gasteiger partial charge >= 0.3 is 5.97 Å². The largest absolute Gasteiger partial charge is 0.493 e. The lowest BCUT2D eigenvalue weighted by atomic mass is 10.1. The lowest BCUT2D eigenvalue weighted by Crippen LogP contribution is -2.30. The van der Waals surface area contributed by atoms with Crippen LogP contribution in [0.4, 0.5) is 0 Å². The van der Waals surface area contributed by atoms with Gasteiger partial charge in [0.25, 0.3) is 0 Å². The fourth-order valence-electron chi connectivity index (χ4n) is 2.23. The van der Waals surface area contributed by atoms with Crippen molar-refractivity contribution in [2.45, 2.75) is 26.2 Å². The van der Waals surface area contributed by atoms with Gasteiger partial charge in [-0.2, -0.15) is 0 Å². The van der Waals surface area contributed by atoms with Gasteiger partial charge in [-0.15, -0.1) is 0 Å². The zero-order valence-corrected chi connectivity index (χ0v) is 15.9. The van der Waals surface area contributed by atoms with Gasteiger partial charge in [-0.05, 0) is 42.9 Å². The van der Waals surface area contributed by atoms with E-state index in [0.717, 1.165) is 17.9 Å². The van der Waals surface area contributed by atoms with Crippen LogP contribution in [0.1, 0.15) is 25.3 Å². The predicted molar refractivity (Wildman–Crippen MR) is 97.6 cm³/mol. The summed E-state index contributed by atoms with van der Waals surface area (Å²) >= 11 is 0. The zero-order chi connectivity index (χ0) is 18.8. The molecule has 0 saturated heterocycles. The van der Waals surface area contributed by atoms with E-state index in [1.165, 1.54) is 19.8 Å². The van der Waals surface area contributed by atoms with Crippen LogP contribution < -0.4 is 9.46 Å². The fourth-order valence-corrected chi connectivity index (χ4v) is 3.12. The predicted octanol–water partition coefficient (Wildman–Crippen LogP) is 1.52. The lowest BCUT2D eigenvalue weighted by Gasteiger charge is -2.09. The Morgan fingerprint density at radius 3 is 2.77 bits per heavy atom. The maximum Gasteiger partial charge on any atom is 0.302 e. The molecule has 0 radical (unpaired) electrons. The van der Waals surface area contributed by atoms with Gasteiger partial charge in [0.05, 0.1) is 25.6 Å². The summed E-state index contributed by atoms with van der Waals surface area (Å²) in [6.07, 6.45) is 3.08. The first-order valence-electron chi connectivity index (χ1n) is 8.85. The monoisotopic (exact) mass is 385 g/mol. The molecule has 1 saturated carbocycles. The van der Waals surface area contributed by atoms with Crippen molar-refractivity contribution in [2.24, 2.45) is 5.92 Å². The molecule has 0 spiro atoms. The third-order valence-electron chi connectivity index (χ3n) is 3.85. The quantitative estimate of drug-likeness (QED) is 0.409. The van der Waals surface area contributed by atoms with Crippen molar-refractivity contribution in [3.8, 4) is 5.75 Å². The number of hydrogen-bond acceptors (Lipinski definition) is 6. The van der Waals surface area contributed by atoms with Crippen LogP contribution in [0, 0.1) is 5.92 Å².